The Hall–Kier alpha value is -2.42. The van der Waals surface area contributed by atoms with Crippen LogP contribution in [0.2, 0.25) is 10.0 Å². The summed E-state index contributed by atoms with van der Waals surface area (Å²) >= 11 is 12.3. The van der Waals surface area contributed by atoms with Crippen molar-refractivity contribution in [2.45, 2.75) is 18.0 Å². The first-order valence-electron chi connectivity index (χ1n) is 11.4. The minimum atomic E-state index is -3.96. The van der Waals surface area contributed by atoms with Gasteiger partial charge in [0.05, 0.1) is 11.4 Å². The van der Waals surface area contributed by atoms with E-state index in [4.69, 9.17) is 23.2 Å². The standard InChI is InChI=1S/C26H27Cl2N3O3S/c27-23-10-12-24(13-11-23)35(33,34)31(19-22-8-4-5-9-25(22)28)20-26(32)30-16-14-29(15-17-30)18-21-6-2-1-3-7-21/h1-13H,14-20H2. The minimum absolute atomic E-state index is 0.00958. The summed E-state index contributed by atoms with van der Waals surface area (Å²) in [4.78, 5) is 17.3. The molecule has 3 aromatic carbocycles. The SMILES string of the molecule is O=C(CN(Cc1ccccc1Cl)S(=O)(=O)c1ccc(Cl)cc1)N1CCN(Cc2ccccc2)CC1. The number of hydrogen-bond acceptors (Lipinski definition) is 4. The molecule has 9 heteroatoms. The third-order valence-electron chi connectivity index (χ3n) is 6.04. The van der Waals surface area contributed by atoms with Crippen LogP contribution < -0.4 is 0 Å². The Morgan fingerprint density at radius 3 is 2.11 bits per heavy atom. The molecule has 0 saturated carbocycles. The van der Waals surface area contributed by atoms with E-state index >= 15 is 0 Å². The van der Waals surface area contributed by atoms with Gasteiger partial charge in [-0.25, -0.2) is 8.42 Å². The lowest BCUT2D eigenvalue weighted by atomic mass is 10.2. The molecule has 0 radical (unpaired) electrons. The quantitative estimate of drug-likeness (QED) is 0.428. The highest BCUT2D eigenvalue weighted by Crippen LogP contribution is 2.24. The van der Waals surface area contributed by atoms with Gasteiger partial charge in [0.25, 0.3) is 0 Å². The Balaban J connectivity index is 1.47. The molecule has 0 N–H and O–H groups in total. The van der Waals surface area contributed by atoms with E-state index in [1.165, 1.54) is 34.1 Å². The van der Waals surface area contributed by atoms with Gasteiger partial charge in [0.1, 0.15) is 0 Å². The van der Waals surface area contributed by atoms with E-state index in [-0.39, 0.29) is 23.9 Å². The monoisotopic (exact) mass is 531 g/mol. The molecule has 0 unspecified atom stereocenters. The van der Waals surface area contributed by atoms with Crippen molar-refractivity contribution in [1.82, 2.24) is 14.1 Å². The maximum absolute atomic E-state index is 13.5. The number of hydrogen-bond donors (Lipinski definition) is 0. The van der Waals surface area contributed by atoms with Crippen LogP contribution in [-0.2, 0) is 27.9 Å². The highest BCUT2D eigenvalue weighted by molar-refractivity contribution is 7.89. The maximum Gasteiger partial charge on any atom is 0.243 e. The molecule has 0 bridgehead atoms. The summed E-state index contributed by atoms with van der Waals surface area (Å²) in [6.07, 6.45) is 0. The summed E-state index contributed by atoms with van der Waals surface area (Å²) in [6, 6.07) is 23.2. The zero-order valence-corrected chi connectivity index (χ0v) is 21.5. The zero-order valence-electron chi connectivity index (χ0n) is 19.2. The van der Waals surface area contributed by atoms with Gasteiger partial charge in [-0.3, -0.25) is 9.69 Å². The number of halogens is 2. The van der Waals surface area contributed by atoms with Crippen molar-refractivity contribution in [2.24, 2.45) is 0 Å². The molecular weight excluding hydrogens is 505 g/mol. The predicted octanol–water partition coefficient (Wildman–Crippen LogP) is 4.53. The molecule has 4 rings (SSSR count). The van der Waals surface area contributed by atoms with Gasteiger partial charge in [-0.15, -0.1) is 0 Å². The van der Waals surface area contributed by atoms with Gasteiger partial charge in [0, 0.05) is 49.3 Å². The smallest absolute Gasteiger partial charge is 0.243 e. The highest BCUT2D eigenvalue weighted by Gasteiger charge is 2.30. The van der Waals surface area contributed by atoms with Crippen molar-refractivity contribution in [3.8, 4) is 0 Å². The summed E-state index contributed by atoms with van der Waals surface area (Å²) in [5.41, 5.74) is 1.86. The van der Waals surface area contributed by atoms with E-state index in [2.05, 4.69) is 17.0 Å². The lowest BCUT2D eigenvalue weighted by Gasteiger charge is -2.35. The lowest BCUT2D eigenvalue weighted by molar-refractivity contribution is -0.133. The first kappa shape index (κ1) is 25.7. The molecule has 1 amide bonds. The zero-order chi connectivity index (χ0) is 24.8. The van der Waals surface area contributed by atoms with Crippen LogP contribution in [0.1, 0.15) is 11.1 Å². The number of rotatable bonds is 8. The molecule has 1 aliphatic rings. The van der Waals surface area contributed by atoms with Crippen LogP contribution in [0, 0.1) is 0 Å². The van der Waals surface area contributed by atoms with Crippen LogP contribution in [0.15, 0.2) is 83.8 Å². The molecule has 1 saturated heterocycles. The van der Waals surface area contributed by atoms with Crippen LogP contribution in [0.4, 0.5) is 0 Å². The first-order valence-corrected chi connectivity index (χ1v) is 13.6. The second-order valence-electron chi connectivity index (χ2n) is 8.46. The van der Waals surface area contributed by atoms with E-state index in [1.54, 1.807) is 29.2 Å². The normalized spacial score (nSPS) is 14.9. The van der Waals surface area contributed by atoms with E-state index in [1.807, 2.05) is 18.2 Å². The van der Waals surface area contributed by atoms with Crippen LogP contribution in [0.25, 0.3) is 0 Å². The minimum Gasteiger partial charge on any atom is -0.339 e. The second-order valence-corrected chi connectivity index (χ2v) is 11.2. The molecule has 1 aliphatic heterocycles. The van der Waals surface area contributed by atoms with E-state index in [0.29, 0.717) is 28.7 Å². The Morgan fingerprint density at radius 2 is 1.46 bits per heavy atom. The Bertz CT molecular complexity index is 1250. The summed E-state index contributed by atoms with van der Waals surface area (Å²) in [5, 5.41) is 0.886. The first-order chi connectivity index (χ1) is 16.8. The van der Waals surface area contributed by atoms with Gasteiger partial charge < -0.3 is 4.90 Å². The van der Waals surface area contributed by atoms with Crippen molar-refractivity contribution < 1.29 is 13.2 Å². The Labute approximate surface area is 216 Å². The molecule has 0 spiro atoms. The Kier molecular flexibility index (Phi) is 8.46. The van der Waals surface area contributed by atoms with Gasteiger partial charge in [-0.2, -0.15) is 4.31 Å². The fourth-order valence-electron chi connectivity index (χ4n) is 4.05. The number of nitrogens with zero attached hydrogens (tertiary/aromatic N) is 3. The van der Waals surface area contributed by atoms with E-state index in [0.717, 1.165) is 19.6 Å². The highest BCUT2D eigenvalue weighted by atomic mass is 35.5. The molecule has 0 atom stereocenters. The molecule has 1 heterocycles. The summed E-state index contributed by atoms with van der Waals surface area (Å²) in [6.45, 7) is 3.11. The Morgan fingerprint density at radius 1 is 0.829 bits per heavy atom. The van der Waals surface area contributed by atoms with Gasteiger partial charge >= 0.3 is 0 Å². The fourth-order valence-corrected chi connectivity index (χ4v) is 5.74. The molecular formula is C26H27Cl2N3O3S. The lowest BCUT2D eigenvalue weighted by Crippen LogP contribution is -2.51. The van der Waals surface area contributed by atoms with Crippen molar-refractivity contribution in [2.75, 3.05) is 32.7 Å². The van der Waals surface area contributed by atoms with Crippen molar-refractivity contribution in [1.29, 1.82) is 0 Å². The summed E-state index contributed by atoms with van der Waals surface area (Å²) in [7, 11) is -3.96. The van der Waals surface area contributed by atoms with Gasteiger partial charge in [0.2, 0.25) is 15.9 Å². The predicted molar refractivity (Wildman–Crippen MR) is 139 cm³/mol. The molecule has 0 aliphatic carbocycles. The van der Waals surface area contributed by atoms with Gasteiger partial charge in [0.15, 0.2) is 0 Å². The summed E-state index contributed by atoms with van der Waals surface area (Å²) in [5.74, 6) is -0.228. The number of amides is 1. The van der Waals surface area contributed by atoms with Crippen LogP contribution in [0.5, 0.6) is 0 Å². The van der Waals surface area contributed by atoms with Gasteiger partial charge in [-0.05, 0) is 41.5 Å². The van der Waals surface area contributed by atoms with Crippen molar-refractivity contribution in [3.05, 3.63) is 100 Å². The molecule has 184 valence electrons. The van der Waals surface area contributed by atoms with Crippen LogP contribution >= 0.6 is 23.2 Å². The van der Waals surface area contributed by atoms with Gasteiger partial charge in [-0.1, -0.05) is 71.7 Å². The molecule has 6 nitrogen and oxygen atoms in total. The van der Waals surface area contributed by atoms with E-state index in [9.17, 15) is 13.2 Å². The average molecular weight is 532 g/mol. The van der Waals surface area contributed by atoms with E-state index < -0.39 is 10.0 Å². The topological polar surface area (TPSA) is 60.9 Å². The number of benzene rings is 3. The molecule has 35 heavy (non-hydrogen) atoms. The number of sulfonamides is 1. The fraction of sp³-hybridized carbons (Fsp3) is 0.269. The largest absolute Gasteiger partial charge is 0.339 e. The van der Waals surface area contributed by atoms with Crippen LogP contribution in [-0.4, -0.2) is 61.2 Å². The third-order valence-corrected chi connectivity index (χ3v) is 8.47. The average Bonchev–Trinajstić information content (AvgIpc) is 2.86. The van der Waals surface area contributed by atoms with Crippen LogP contribution in [0.3, 0.4) is 0 Å². The van der Waals surface area contributed by atoms with Crippen molar-refractivity contribution in [3.63, 3.8) is 0 Å². The number of carbonyl (C=O) groups is 1. The number of carbonyl (C=O) groups excluding carboxylic acids is 1. The maximum atomic E-state index is 13.5. The molecule has 1 fully saturated rings. The summed E-state index contributed by atoms with van der Waals surface area (Å²) < 4.78 is 28.2. The second kappa shape index (κ2) is 11.5. The molecule has 0 aromatic heterocycles. The third kappa shape index (κ3) is 6.63. The molecule has 3 aromatic rings. The number of piperazine rings is 1. The van der Waals surface area contributed by atoms with Crippen molar-refractivity contribution >= 4 is 39.1 Å².